The van der Waals surface area contributed by atoms with Crippen LogP contribution < -0.4 is 15.4 Å². The number of fused-ring (bicyclic) bond motifs is 1. The molecule has 1 fully saturated rings. The van der Waals surface area contributed by atoms with Crippen LogP contribution in [0.2, 0.25) is 0 Å². The van der Waals surface area contributed by atoms with Crippen molar-refractivity contribution in [2.24, 2.45) is 15.9 Å². The number of carbonyl (C=O) groups excluding carboxylic acids is 2. The molecule has 3 aromatic rings. The van der Waals surface area contributed by atoms with Gasteiger partial charge in [0, 0.05) is 12.0 Å². The van der Waals surface area contributed by atoms with Crippen LogP contribution in [0.4, 0.5) is 5.69 Å². The van der Waals surface area contributed by atoms with E-state index in [1.807, 2.05) is 30.3 Å². The summed E-state index contributed by atoms with van der Waals surface area (Å²) < 4.78 is 5.11. The average Bonchev–Trinajstić information content (AvgIpc) is 3.08. The zero-order chi connectivity index (χ0) is 22.7. The minimum Gasteiger partial charge on any atom is -0.507 e. The Hall–Kier alpha value is -3.85. The van der Waals surface area contributed by atoms with Gasteiger partial charge in [0.05, 0.1) is 19.0 Å². The summed E-state index contributed by atoms with van der Waals surface area (Å²) in [5.74, 6) is 0.0273. The van der Waals surface area contributed by atoms with Crippen LogP contribution in [0.25, 0.3) is 10.8 Å². The number of nitrogens with two attached hydrogens (primary N) is 1. The SMILES string of the molecule is COc1ccc(N2C(=O)CC(S/C(N)=N/N=C/c3c(O)ccc4ccccc34)C2=O)cc1. The summed E-state index contributed by atoms with van der Waals surface area (Å²) in [4.78, 5) is 26.3. The fraction of sp³-hybridized carbons (Fsp3) is 0.130. The highest BCUT2D eigenvalue weighted by Gasteiger charge is 2.40. The first-order valence-corrected chi connectivity index (χ1v) is 10.6. The second-order valence-corrected chi connectivity index (χ2v) is 8.20. The molecular formula is C23H20N4O4S. The lowest BCUT2D eigenvalue weighted by atomic mass is 10.0. The summed E-state index contributed by atoms with van der Waals surface area (Å²) in [5.41, 5.74) is 6.93. The number of phenols is 1. The number of hydrogen-bond donors (Lipinski definition) is 2. The van der Waals surface area contributed by atoms with Gasteiger partial charge in [0.2, 0.25) is 11.8 Å². The van der Waals surface area contributed by atoms with Crippen molar-refractivity contribution in [1.29, 1.82) is 0 Å². The Morgan fingerprint density at radius 2 is 1.91 bits per heavy atom. The van der Waals surface area contributed by atoms with Crippen LogP contribution in [0, 0.1) is 0 Å². The zero-order valence-electron chi connectivity index (χ0n) is 17.1. The molecule has 0 spiro atoms. The number of amidine groups is 1. The largest absolute Gasteiger partial charge is 0.507 e. The molecule has 8 nitrogen and oxygen atoms in total. The van der Waals surface area contributed by atoms with E-state index in [1.54, 1.807) is 37.4 Å². The summed E-state index contributed by atoms with van der Waals surface area (Å²) in [5, 5.41) is 19.2. The molecule has 0 bridgehead atoms. The Balaban J connectivity index is 1.47. The summed E-state index contributed by atoms with van der Waals surface area (Å²) in [7, 11) is 1.54. The quantitative estimate of drug-likeness (QED) is 0.268. The molecule has 1 saturated heterocycles. The van der Waals surface area contributed by atoms with Gasteiger partial charge in [0.15, 0.2) is 5.17 Å². The molecule has 1 heterocycles. The van der Waals surface area contributed by atoms with Crippen molar-refractivity contribution in [3.8, 4) is 11.5 Å². The molecule has 0 saturated carbocycles. The maximum atomic E-state index is 12.8. The Labute approximate surface area is 188 Å². The van der Waals surface area contributed by atoms with E-state index in [9.17, 15) is 14.7 Å². The first-order chi connectivity index (χ1) is 15.5. The van der Waals surface area contributed by atoms with Crippen molar-refractivity contribution in [2.75, 3.05) is 12.0 Å². The van der Waals surface area contributed by atoms with Gasteiger partial charge in [-0.3, -0.25) is 9.59 Å². The van der Waals surface area contributed by atoms with Gasteiger partial charge in [0.1, 0.15) is 16.7 Å². The number of imide groups is 1. The first-order valence-electron chi connectivity index (χ1n) is 9.72. The highest BCUT2D eigenvalue weighted by atomic mass is 32.2. The third kappa shape index (κ3) is 4.28. The lowest BCUT2D eigenvalue weighted by Crippen LogP contribution is -2.31. The van der Waals surface area contributed by atoms with Crippen LogP contribution in [-0.4, -0.2) is 40.7 Å². The summed E-state index contributed by atoms with van der Waals surface area (Å²) in [6.45, 7) is 0. The number of thioether (sulfide) groups is 1. The minimum atomic E-state index is -0.686. The molecule has 4 rings (SSSR count). The number of benzene rings is 3. The molecule has 1 aliphatic rings. The van der Waals surface area contributed by atoms with Gasteiger partial charge in [-0.25, -0.2) is 4.90 Å². The zero-order valence-corrected chi connectivity index (χ0v) is 18.0. The van der Waals surface area contributed by atoms with E-state index >= 15 is 0 Å². The third-order valence-corrected chi connectivity index (χ3v) is 5.97. The highest BCUT2D eigenvalue weighted by molar-refractivity contribution is 8.14. The van der Waals surface area contributed by atoms with Crippen LogP contribution in [0.3, 0.4) is 0 Å². The van der Waals surface area contributed by atoms with Crippen molar-refractivity contribution >= 4 is 51.4 Å². The Morgan fingerprint density at radius 3 is 2.66 bits per heavy atom. The van der Waals surface area contributed by atoms with Gasteiger partial charge < -0.3 is 15.6 Å². The molecule has 1 atom stereocenters. The molecule has 2 amide bonds. The van der Waals surface area contributed by atoms with Crippen molar-refractivity contribution in [3.05, 3.63) is 66.2 Å². The normalized spacial score (nSPS) is 17.0. The molecule has 32 heavy (non-hydrogen) atoms. The van der Waals surface area contributed by atoms with Crippen LogP contribution >= 0.6 is 11.8 Å². The molecule has 3 aromatic carbocycles. The summed E-state index contributed by atoms with van der Waals surface area (Å²) in [6.07, 6.45) is 1.43. The van der Waals surface area contributed by atoms with Crippen molar-refractivity contribution in [3.63, 3.8) is 0 Å². The van der Waals surface area contributed by atoms with Crippen LogP contribution in [-0.2, 0) is 9.59 Å². The van der Waals surface area contributed by atoms with E-state index in [1.165, 1.54) is 6.21 Å². The van der Waals surface area contributed by atoms with Gasteiger partial charge in [-0.2, -0.15) is 5.10 Å². The van der Waals surface area contributed by atoms with Gasteiger partial charge >= 0.3 is 0 Å². The van der Waals surface area contributed by atoms with Crippen LogP contribution in [0.5, 0.6) is 11.5 Å². The molecule has 162 valence electrons. The van der Waals surface area contributed by atoms with E-state index in [4.69, 9.17) is 10.5 Å². The Morgan fingerprint density at radius 1 is 1.16 bits per heavy atom. The number of aromatic hydroxyl groups is 1. The lowest BCUT2D eigenvalue weighted by Gasteiger charge is -2.15. The standard InChI is InChI=1S/C23H20N4O4S/c1-31-16-9-7-15(8-10-16)27-21(29)12-20(22(27)30)32-23(24)26-25-13-18-17-5-3-2-4-14(17)6-11-19(18)28/h2-11,13,20,28H,12H2,1H3,(H2,24,26)/b25-13+. The lowest BCUT2D eigenvalue weighted by molar-refractivity contribution is -0.121. The van der Waals surface area contributed by atoms with Crippen molar-refractivity contribution in [1.82, 2.24) is 0 Å². The maximum absolute atomic E-state index is 12.8. The fourth-order valence-electron chi connectivity index (χ4n) is 3.43. The van der Waals surface area contributed by atoms with E-state index in [0.29, 0.717) is 17.0 Å². The number of amides is 2. The monoisotopic (exact) mass is 448 g/mol. The second-order valence-electron chi connectivity index (χ2n) is 6.98. The number of rotatable bonds is 5. The first kappa shape index (κ1) is 21.4. The van der Waals surface area contributed by atoms with Gasteiger partial charge in [-0.1, -0.05) is 42.1 Å². The third-order valence-electron chi connectivity index (χ3n) is 4.99. The number of nitrogens with zero attached hydrogens (tertiary/aromatic N) is 3. The van der Waals surface area contributed by atoms with Crippen LogP contribution in [0.1, 0.15) is 12.0 Å². The number of phenolic OH excluding ortho intramolecular Hbond substituents is 1. The molecule has 1 aliphatic heterocycles. The number of ether oxygens (including phenoxy) is 1. The van der Waals surface area contributed by atoms with Gasteiger partial charge in [0.25, 0.3) is 0 Å². The maximum Gasteiger partial charge on any atom is 0.247 e. The molecule has 0 aromatic heterocycles. The van der Waals surface area contributed by atoms with Crippen molar-refractivity contribution < 1.29 is 19.4 Å². The molecular weight excluding hydrogens is 428 g/mol. The van der Waals surface area contributed by atoms with Crippen molar-refractivity contribution in [2.45, 2.75) is 11.7 Å². The number of hydrogen-bond acceptors (Lipinski definition) is 7. The number of methoxy groups -OCH3 is 1. The highest BCUT2D eigenvalue weighted by Crippen LogP contribution is 2.31. The molecule has 0 aliphatic carbocycles. The smallest absolute Gasteiger partial charge is 0.247 e. The molecule has 1 unspecified atom stereocenters. The fourth-order valence-corrected chi connectivity index (χ4v) is 4.25. The average molecular weight is 449 g/mol. The van der Waals surface area contributed by atoms with E-state index in [-0.39, 0.29) is 29.2 Å². The summed E-state index contributed by atoms with van der Waals surface area (Å²) in [6, 6.07) is 17.6. The Kier molecular flexibility index (Phi) is 6.09. The number of anilines is 1. The molecule has 9 heteroatoms. The predicted molar refractivity (Wildman–Crippen MR) is 126 cm³/mol. The second kappa shape index (κ2) is 9.11. The van der Waals surface area contributed by atoms with Crippen LogP contribution in [0.15, 0.2) is 70.9 Å². The Bertz CT molecular complexity index is 1240. The van der Waals surface area contributed by atoms with Gasteiger partial charge in [-0.15, -0.1) is 5.10 Å². The van der Waals surface area contributed by atoms with E-state index < -0.39 is 5.25 Å². The summed E-state index contributed by atoms with van der Waals surface area (Å²) >= 11 is 0.983. The molecule has 3 N–H and O–H groups in total. The van der Waals surface area contributed by atoms with E-state index in [0.717, 1.165) is 27.4 Å². The minimum absolute atomic E-state index is 0.0135. The van der Waals surface area contributed by atoms with E-state index in [2.05, 4.69) is 10.2 Å². The van der Waals surface area contributed by atoms with Gasteiger partial charge in [-0.05, 0) is 41.1 Å². The topological polar surface area (TPSA) is 118 Å². The number of carbonyl (C=O) groups is 2. The predicted octanol–water partition coefficient (Wildman–Crippen LogP) is 3.27. The molecule has 0 radical (unpaired) electrons.